The van der Waals surface area contributed by atoms with Crippen LogP contribution in [0.1, 0.15) is 6.92 Å². The predicted molar refractivity (Wildman–Crippen MR) is 70.9 cm³/mol. The maximum atomic E-state index is 13.7. The Morgan fingerprint density at radius 2 is 2.16 bits per heavy atom. The van der Waals surface area contributed by atoms with Crippen LogP contribution in [0.15, 0.2) is 18.2 Å². The van der Waals surface area contributed by atoms with Crippen molar-refractivity contribution in [3.8, 4) is 5.75 Å². The highest BCUT2D eigenvalue weighted by molar-refractivity contribution is 6.30. The number of carbonyl (C=O) groups excluding carboxylic acids is 1. The van der Waals surface area contributed by atoms with Gasteiger partial charge in [0.05, 0.1) is 5.02 Å². The predicted octanol–water partition coefficient (Wildman–Crippen LogP) is 1.68. The quantitative estimate of drug-likeness (QED) is 0.919. The molecule has 0 radical (unpaired) electrons. The van der Waals surface area contributed by atoms with Gasteiger partial charge in [-0.05, 0) is 19.1 Å². The van der Waals surface area contributed by atoms with Gasteiger partial charge in [0, 0.05) is 26.2 Å². The normalized spacial score (nSPS) is 17.1. The number of ether oxygens (including phenoxy) is 1. The largest absolute Gasteiger partial charge is 0.478 e. The first kappa shape index (κ1) is 14.1. The minimum Gasteiger partial charge on any atom is -0.478 e. The van der Waals surface area contributed by atoms with Crippen molar-refractivity contribution in [1.82, 2.24) is 10.2 Å². The Hall–Kier alpha value is -1.33. The highest BCUT2D eigenvalue weighted by Gasteiger charge is 2.24. The Balaban J connectivity index is 2.01. The van der Waals surface area contributed by atoms with Crippen LogP contribution in [0.25, 0.3) is 0 Å². The molecule has 1 unspecified atom stereocenters. The third-order valence-electron chi connectivity index (χ3n) is 3.00. The average Bonchev–Trinajstić information content (AvgIpc) is 2.44. The number of carbonyl (C=O) groups is 1. The average molecular weight is 287 g/mol. The SMILES string of the molecule is CC(Oc1cccc(Cl)c1F)C(=O)N1CCNCC1. The molecule has 1 aliphatic rings. The Morgan fingerprint density at radius 1 is 1.47 bits per heavy atom. The van der Waals surface area contributed by atoms with Gasteiger partial charge >= 0.3 is 0 Å². The number of amides is 1. The molecular formula is C13H16ClFN2O2. The molecule has 1 amide bonds. The van der Waals surface area contributed by atoms with Crippen LogP contribution in [0, 0.1) is 5.82 Å². The molecule has 1 aromatic carbocycles. The van der Waals surface area contributed by atoms with Crippen LogP contribution >= 0.6 is 11.6 Å². The van der Waals surface area contributed by atoms with Crippen molar-refractivity contribution >= 4 is 17.5 Å². The number of rotatable bonds is 3. The molecule has 1 atom stereocenters. The smallest absolute Gasteiger partial charge is 0.263 e. The van der Waals surface area contributed by atoms with Gasteiger partial charge in [0.25, 0.3) is 5.91 Å². The van der Waals surface area contributed by atoms with E-state index in [0.717, 1.165) is 13.1 Å². The number of piperazine rings is 1. The van der Waals surface area contributed by atoms with Gasteiger partial charge in [-0.2, -0.15) is 0 Å². The molecule has 0 saturated carbocycles. The van der Waals surface area contributed by atoms with E-state index in [0.29, 0.717) is 13.1 Å². The number of benzene rings is 1. The number of hydrogen-bond donors (Lipinski definition) is 1. The lowest BCUT2D eigenvalue weighted by Crippen LogP contribution is -2.50. The van der Waals surface area contributed by atoms with Crippen LogP contribution < -0.4 is 10.1 Å². The fourth-order valence-corrected chi connectivity index (χ4v) is 2.12. The molecule has 1 fully saturated rings. The minimum atomic E-state index is -0.730. The molecule has 4 nitrogen and oxygen atoms in total. The molecule has 2 rings (SSSR count). The summed E-state index contributed by atoms with van der Waals surface area (Å²) in [6.07, 6.45) is -0.730. The van der Waals surface area contributed by atoms with Gasteiger partial charge < -0.3 is 15.0 Å². The van der Waals surface area contributed by atoms with Crippen molar-refractivity contribution in [2.45, 2.75) is 13.0 Å². The van der Waals surface area contributed by atoms with Gasteiger partial charge in [0.1, 0.15) is 0 Å². The first-order valence-corrected chi connectivity index (χ1v) is 6.57. The highest BCUT2D eigenvalue weighted by Crippen LogP contribution is 2.25. The molecule has 0 aromatic heterocycles. The van der Waals surface area contributed by atoms with Gasteiger partial charge in [0.15, 0.2) is 17.7 Å². The van der Waals surface area contributed by atoms with Crippen molar-refractivity contribution in [2.75, 3.05) is 26.2 Å². The van der Waals surface area contributed by atoms with Crippen molar-refractivity contribution in [3.63, 3.8) is 0 Å². The van der Waals surface area contributed by atoms with E-state index >= 15 is 0 Å². The molecular weight excluding hydrogens is 271 g/mol. The fourth-order valence-electron chi connectivity index (χ4n) is 1.96. The number of nitrogens with one attached hydrogen (secondary N) is 1. The summed E-state index contributed by atoms with van der Waals surface area (Å²) in [6, 6.07) is 4.48. The molecule has 6 heteroatoms. The first-order chi connectivity index (χ1) is 9.09. The Morgan fingerprint density at radius 3 is 2.84 bits per heavy atom. The summed E-state index contributed by atoms with van der Waals surface area (Å²) in [6.45, 7) is 4.44. The zero-order valence-corrected chi connectivity index (χ0v) is 11.4. The van der Waals surface area contributed by atoms with E-state index in [4.69, 9.17) is 16.3 Å². The lowest BCUT2D eigenvalue weighted by Gasteiger charge is -2.29. The van der Waals surface area contributed by atoms with Crippen molar-refractivity contribution < 1.29 is 13.9 Å². The van der Waals surface area contributed by atoms with Crippen LogP contribution in [0.5, 0.6) is 5.75 Å². The van der Waals surface area contributed by atoms with Crippen molar-refractivity contribution in [2.24, 2.45) is 0 Å². The fraction of sp³-hybridized carbons (Fsp3) is 0.462. The maximum Gasteiger partial charge on any atom is 0.263 e. The van der Waals surface area contributed by atoms with Crippen LogP contribution in [0.3, 0.4) is 0 Å². The molecule has 1 heterocycles. The van der Waals surface area contributed by atoms with E-state index in [1.807, 2.05) is 0 Å². The van der Waals surface area contributed by atoms with Gasteiger partial charge in [-0.1, -0.05) is 17.7 Å². The Bertz CT molecular complexity index is 464. The molecule has 0 spiro atoms. The summed E-state index contributed by atoms with van der Waals surface area (Å²) in [5, 5.41) is 3.15. The topological polar surface area (TPSA) is 41.6 Å². The molecule has 0 aliphatic carbocycles. The number of halogens is 2. The zero-order valence-electron chi connectivity index (χ0n) is 10.7. The molecule has 1 aromatic rings. The van der Waals surface area contributed by atoms with Gasteiger partial charge in [-0.3, -0.25) is 4.79 Å². The van der Waals surface area contributed by atoms with Crippen molar-refractivity contribution in [1.29, 1.82) is 0 Å². The zero-order chi connectivity index (χ0) is 13.8. The molecule has 1 N–H and O–H groups in total. The van der Waals surface area contributed by atoms with E-state index in [-0.39, 0.29) is 16.7 Å². The minimum absolute atomic E-state index is 0.00323. The molecule has 1 aliphatic heterocycles. The highest BCUT2D eigenvalue weighted by atomic mass is 35.5. The maximum absolute atomic E-state index is 13.7. The first-order valence-electron chi connectivity index (χ1n) is 6.20. The Labute approximate surface area is 116 Å². The summed E-state index contributed by atoms with van der Waals surface area (Å²) in [5.41, 5.74) is 0. The van der Waals surface area contributed by atoms with Crippen molar-refractivity contribution in [3.05, 3.63) is 29.0 Å². The van der Waals surface area contributed by atoms with Crippen LogP contribution in [-0.2, 0) is 4.79 Å². The van der Waals surface area contributed by atoms with Gasteiger partial charge in [-0.25, -0.2) is 4.39 Å². The molecule has 0 bridgehead atoms. The van der Waals surface area contributed by atoms with E-state index < -0.39 is 11.9 Å². The number of hydrogen-bond acceptors (Lipinski definition) is 3. The van der Waals surface area contributed by atoms with E-state index in [9.17, 15) is 9.18 Å². The summed E-state index contributed by atoms with van der Waals surface area (Å²) in [7, 11) is 0. The Kier molecular flexibility index (Phi) is 4.61. The third-order valence-corrected chi connectivity index (χ3v) is 3.29. The van der Waals surface area contributed by atoms with Crippen LogP contribution in [-0.4, -0.2) is 43.1 Å². The van der Waals surface area contributed by atoms with Crippen LogP contribution in [0.4, 0.5) is 4.39 Å². The summed E-state index contributed by atoms with van der Waals surface area (Å²) < 4.78 is 19.0. The van der Waals surface area contributed by atoms with E-state index in [1.165, 1.54) is 12.1 Å². The second kappa shape index (κ2) is 6.21. The van der Waals surface area contributed by atoms with Gasteiger partial charge in [-0.15, -0.1) is 0 Å². The number of nitrogens with zero attached hydrogens (tertiary/aromatic N) is 1. The van der Waals surface area contributed by atoms with Crippen LogP contribution in [0.2, 0.25) is 5.02 Å². The van der Waals surface area contributed by atoms with E-state index in [2.05, 4.69) is 5.32 Å². The summed E-state index contributed by atoms with van der Waals surface area (Å²) in [4.78, 5) is 13.8. The third kappa shape index (κ3) is 3.36. The lowest BCUT2D eigenvalue weighted by atomic mass is 10.2. The monoisotopic (exact) mass is 286 g/mol. The van der Waals surface area contributed by atoms with Gasteiger partial charge in [0.2, 0.25) is 0 Å². The molecule has 19 heavy (non-hydrogen) atoms. The summed E-state index contributed by atoms with van der Waals surface area (Å²) in [5.74, 6) is -0.770. The second-order valence-corrected chi connectivity index (χ2v) is 4.79. The molecule has 104 valence electrons. The molecule has 1 saturated heterocycles. The van der Waals surface area contributed by atoms with E-state index in [1.54, 1.807) is 17.9 Å². The lowest BCUT2D eigenvalue weighted by molar-refractivity contribution is -0.138. The second-order valence-electron chi connectivity index (χ2n) is 4.39. The standard InChI is InChI=1S/C13H16ClFN2O2/c1-9(13(18)17-7-5-16-6-8-17)19-11-4-2-3-10(14)12(11)15/h2-4,9,16H,5-8H2,1H3. The summed E-state index contributed by atoms with van der Waals surface area (Å²) >= 11 is 5.67.